The molecule has 0 saturated carbocycles. The van der Waals surface area contributed by atoms with E-state index in [1.807, 2.05) is 18.5 Å². The number of aryl methyl sites for hydroxylation is 2. The molecule has 1 aliphatic rings. The van der Waals surface area contributed by atoms with E-state index in [1.54, 1.807) is 0 Å². The minimum Gasteiger partial charge on any atom is -0.356 e. The Labute approximate surface area is 184 Å². The number of piperidine rings is 1. The molecule has 0 bridgehead atoms. The standard InChI is InChI=1S/C26H30N4O/c1-20-7-5-11-23(17-20)24-18-28-26(29-19-24)30-15-12-22(13-16-30)25(31)27-14-6-10-21-8-3-2-4-9-21/h2-5,7-9,11,17-19,22H,6,10,12-16H2,1H3,(H,27,31). The maximum Gasteiger partial charge on any atom is 0.225 e. The van der Waals surface area contributed by atoms with Crippen LogP contribution in [0.25, 0.3) is 11.1 Å². The summed E-state index contributed by atoms with van der Waals surface area (Å²) in [5.41, 5.74) is 4.70. The molecule has 0 radical (unpaired) electrons. The van der Waals surface area contributed by atoms with Gasteiger partial charge in [-0.2, -0.15) is 0 Å². The molecule has 2 aromatic carbocycles. The quantitative estimate of drug-likeness (QED) is 0.582. The third-order valence-corrected chi connectivity index (χ3v) is 5.92. The van der Waals surface area contributed by atoms with E-state index < -0.39 is 0 Å². The number of nitrogens with zero attached hydrogens (tertiary/aromatic N) is 3. The van der Waals surface area contributed by atoms with Crippen LogP contribution in [0, 0.1) is 12.8 Å². The molecule has 3 aromatic rings. The van der Waals surface area contributed by atoms with Gasteiger partial charge in [0.2, 0.25) is 11.9 Å². The van der Waals surface area contributed by atoms with E-state index >= 15 is 0 Å². The SMILES string of the molecule is Cc1cccc(-c2cnc(N3CCC(C(=O)NCCCc4ccccc4)CC3)nc2)c1. The Bertz CT molecular complexity index is 980. The fourth-order valence-electron chi connectivity index (χ4n) is 4.09. The molecule has 0 spiro atoms. The normalized spacial score (nSPS) is 14.4. The van der Waals surface area contributed by atoms with Gasteiger partial charge in [0.25, 0.3) is 0 Å². The van der Waals surface area contributed by atoms with Crippen LogP contribution in [0.3, 0.4) is 0 Å². The van der Waals surface area contributed by atoms with Gasteiger partial charge in [-0.15, -0.1) is 0 Å². The molecule has 4 rings (SSSR count). The summed E-state index contributed by atoms with van der Waals surface area (Å²) >= 11 is 0. The van der Waals surface area contributed by atoms with Crippen LogP contribution in [0.15, 0.2) is 67.0 Å². The summed E-state index contributed by atoms with van der Waals surface area (Å²) in [6, 6.07) is 18.8. The molecule has 5 heteroatoms. The Balaban J connectivity index is 1.22. The first-order valence-corrected chi connectivity index (χ1v) is 11.1. The van der Waals surface area contributed by atoms with Crippen molar-refractivity contribution in [3.05, 3.63) is 78.1 Å². The van der Waals surface area contributed by atoms with Crippen LogP contribution in [0.1, 0.15) is 30.4 Å². The van der Waals surface area contributed by atoms with Crippen molar-refractivity contribution in [2.24, 2.45) is 5.92 Å². The van der Waals surface area contributed by atoms with Gasteiger partial charge in [-0.3, -0.25) is 4.79 Å². The Hall–Kier alpha value is -3.21. The summed E-state index contributed by atoms with van der Waals surface area (Å²) in [5.74, 6) is 1.01. The third-order valence-electron chi connectivity index (χ3n) is 5.92. The highest BCUT2D eigenvalue weighted by molar-refractivity contribution is 5.78. The second-order valence-corrected chi connectivity index (χ2v) is 8.28. The van der Waals surface area contributed by atoms with E-state index in [9.17, 15) is 4.79 Å². The Morgan fingerprint density at radius 2 is 1.74 bits per heavy atom. The number of carbonyl (C=O) groups excluding carboxylic acids is 1. The number of aromatic nitrogens is 2. The summed E-state index contributed by atoms with van der Waals surface area (Å²) < 4.78 is 0. The molecule has 0 aliphatic carbocycles. The van der Waals surface area contributed by atoms with Crippen molar-refractivity contribution in [1.82, 2.24) is 15.3 Å². The van der Waals surface area contributed by atoms with Gasteiger partial charge in [0.05, 0.1) is 0 Å². The largest absolute Gasteiger partial charge is 0.356 e. The average Bonchev–Trinajstić information content (AvgIpc) is 2.83. The summed E-state index contributed by atoms with van der Waals surface area (Å²) in [6.45, 7) is 4.44. The zero-order valence-corrected chi connectivity index (χ0v) is 18.1. The topological polar surface area (TPSA) is 58.1 Å². The second kappa shape index (κ2) is 10.2. The fraction of sp³-hybridized carbons (Fsp3) is 0.346. The minimum atomic E-state index is 0.0829. The molecule has 31 heavy (non-hydrogen) atoms. The lowest BCUT2D eigenvalue weighted by atomic mass is 9.96. The van der Waals surface area contributed by atoms with Crippen LogP contribution in [0.5, 0.6) is 0 Å². The average molecular weight is 415 g/mol. The highest BCUT2D eigenvalue weighted by Crippen LogP contribution is 2.23. The molecule has 1 saturated heterocycles. The molecule has 0 atom stereocenters. The summed E-state index contributed by atoms with van der Waals surface area (Å²) in [4.78, 5) is 23.9. The molecule has 5 nitrogen and oxygen atoms in total. The molecule has 1 fully saturated rings. The number of hydrogen-bond donors (Lipinski definition) is 1. The smallest absolute Gasteiger partial charge is 0.225 e. The number of rotatable bonds is 7. The third kappa shape index (κ3) is 5.69. The Kier molecular flexibility index (Phi) is 6.92. The molecule has 1 N–H and O–H groups in total. The first-order valence-electron chi connectivity index (χ1n) is 11.1. The number of nitrogens with one attached hydrogen (secondary N) is 1. The van der Waals surface area contributed by atoms with Crippen LogP contribution in [0.4, 0.5) is 5.95 Å². The lowest BCUT2D eigenvalue weighted by molar-refractivity contribution is -0.125. The van der Waals surface area contributed by atoms with E-state index in [-0.39, 0.29) is 11.8 Å². The van der Waals surface area contributed by atoms with Crippen molar-refractivity contribution >= 4 is 11.9 Å². The molecule has 2 heterocycles. The number of benzene rings is 2. The zero-order valence-electron chi connectivity index (χ0n) is 18.1. The van der Waals surface area contributed by atoms with Crippen molar-refractivity contribution in [3.63, 3.8) is 0 Å². The molecular weight excluding hydrogens is 384 g/mol. The van der Waals surface area contributed by atoms with Crippen molar-refractivity contribution in [2.75, 3.05) is 24.5 Å². The Morgan fingerprint density at radius 3 is 2.45 bits per heavy atom. The summed E-state index contributed by atoms with van der Waals surface area (Å²) in [6.07, 6.45) is 7.43. The highest BCUT2D eigenvalue weighted by Gasteiger charge is 2.25. The van der Waals surface area contributed by atoms with Crippen LogP contribution < -0.4 is 10.2 Å². The van der Waals surface area contributed by atoms with Gasteiger partial charge in [0.15, 0.2) is 0 Å². The first-order chi connectivity index (χ1) is 15.2. The van der Waals surface area contributed by atoms with Gasteiger partial charge in [0.1, 0.15) is 0 Å². The van der Waals surface area contributed by atoms with Crippen LogP contribution in [0.2, 0.25) is 0 Å². The zero-order chi connectivity index (χ0) is 21.5. The molecule has 160 valence electrons. The summed E-state index contributed by atoms with van der Waals surface area (Å²) in [7, 11) is 0. The Morgan fingerprint density at radius 1 is 1.00 bits per heavy atom. The van der Waals surface area contributed by atoms with Crippen LogP contribution in [-0.4, -0.2) is 35.5 Å². The van der Waals surface area contributed by atoms with E-state index in [2.05, 4.69) is 75.6 Å². The summed E-state index contributed by atoms with van der Waals surface area (Å²) in [5, 5.41) is 3.12. The van der Waals surface area contributed by atoms with Gasteiger partial charge in [0, 0.05) is 43.5 Å². The van der Waals surface area contributed by atoms with E-state index in [0.717, 1.165) is 62.4 Å². The number of hydrogen-bond acceptors (Lipinski definition) is 4. The first kappa shape index (κ1) is 21.0. The molecule has 0 unspecified atom stereocenters. The molecule has 1 aliphatic heterocycles. The van der Waals surface area contributed by atoms with E-state index in [1.165, 1.54) is 11.1 Å². The minimum absolute atomic E-state index is 0.0829. The van der Waals surface area contributed by atoms with Gasteiger partial charge >= 0.3 is 0 Å². The van der Waals surface area contributed by atoms with Crippen LogP contribution >= 0.6 is 0 Å². The number of amides is 1. The van der Waals surface area contributed by atoms with Crippen molar-refractivity contribution < 1.29 is 4.79 Å². The van der Waals surface area contributed by atoms with Gasteiger partial charge in [-0.05, 0) is 43.7 Å². The predicted octanol–water partition coefficient (Wildman–Crippen LogP) is 4.42. The number of anilines is 1. The predicted molar refractivity (Wildman–Crippen MR) is 125 cm³/mol. The van der Waals surface area contributed by atoms with E-state index in [4.69, 9.17) is 0 Å². The van der Waals surface area contributed by atoms with Crippen LogP contribution in [-0.2, 0) is 11.2 Å². The lowest BCUT2D eigenvalue weighted by Gasteiger charge is -2.31. The molecule has 1 amide bonds. The van der Waals surface area contributed by atoms with E-state index in [0.29, 0.717) is 0 Å². The monoisotopic (exact) mass is 414 g/mol. The highest BCUT2D eigenvalue weighted by atomic mass is 16.1. The van der Waals surface area contributed by atoms with Crippen molar-refractivity contribution in [2.45, 2.75) is 32.6 Å². The maximum absolute atomic E-state index is 12.5. The maximum atomic E-state index is 12.5. The lowest BCUT2D eigenvalue weighted by Crippen LogP contribution is -2.41. The van der Waals surface area contributed by atoms with Gasteiger partial charge in [-0.25, -0.2) is 9.97 Å². The van der Waals surface area contributed by atoms with Gasteiger partial charge < -0.3 is 10.2 Å². The van der Waals surface area contributed by atoms with Crippen molar-refractivity contribution in [3.8, 4) is 11.1 Å². The van der Waals surface area contributed by atoms with Gasteiger partial charge in [-0.1, -0.05) is 60.2 Å². The number of carbonyl (C=O) groups is 1. The van der Waals surface area contributed by atoms with Crippen molar-refractivity contribution in [1.29, 1.82) is 0 Å². The second-order valence-electron chi connectivity index (χ2n) is 8.28. The molecule has 1 aromatic heterocycles. The molecular formula is C26H30N4O. The fourth-order valence-corrected chi connectivity index (χ4v) is 4.09.